The van der Waals surface area contributed by atoms with Crippen molar-refractivity contribution in [2.45, 2.75) is 19.1 Å². The van der Waals surface area contributed by atoms with E-state index in [0.717, 1.165) is 21.7 Å². The number of rotatable bonds is 5. The van der Waals surface area contributed by atoms with Crippen LogP contribution in [0.3, 0.4) is 0 Å². The van der Waals surface area contributed by atoms with Crippen LogP contribution in [0, 0.1) is 0 Å². The molecule has 0 aliphatic carbocycles. The van der Waals surface area contributed by atoms with Crippen LogP contribution in [0.4, 0.5) is 0 Å². The predicted octanol–water partition coefficient (Wildman–Crippen LogP) is 2.63. The van der Waals surface area contributed by atoms with Gasteiger partial charge in [-0.15, -0.1) is 11.3 Å². The third-order valence-electron chi connectivity index (χ3n) is 3.68. The summed E-state index contributed by atoms with van der Waals surface area (Å²) in [6.45, 7) is 2.96. The summed E-state index contributed by atoms with van der Waals surface area (Å²) >= 11 is 1.57. The first-order chi connectivity index (χ1) is 10.1. The molecule has 0 bridgehead atoms. The normalized spacial score (nSPS) is 14.4. The molecular weight excluding hydrogens is 282 g/mol. The van der Waals surface area contributed by atoms with Crippen molar-refractivity contribution in [3.63, 3.8) is 0 Å². The smallest absolute Gasteiger partial charge is 0.123 e. The molecule has 2 N–H and O–H groups in total. The first kappa shape index (κ1) is 14.3. The molecule has 5 heteroatoms. The molecule has 2 heterocycles. The Labute approximate surface area is 128 Å². The van der Waals surface area contributed by atoms with Crippen molar-refractivity contribution in [1.29, 1.82) is 0 Å². The van der Waals surface area contributed by atoms with Crippen molar-refractivity contribution in [2.75, 3.05) is 6.54 Å². The molecule has 0 fully saturated rings. The second kappa shape index (κ2) is 5.60. The van der Waals surface area contributed by atoms with Crippen LogP contribution in [0.5, 0.6) is 0 Å². The van der Waals surface area contributed by atoms with Gasteiger partial charge in [-0.3, -0.25) is 0 Å². The van der Waals surface area contributed by atoms with Gasteiger partial charge in [-0.2, -0.15) is 0 Å². The van der Waals surface area contributed by atoms with E-state index in [4.69, 9.17) is 0 Å². The molecule has 0 aliphatic heterocycles. The van der Waals surface area contributed by atoms with Crippen molar-refractivity contribution in [2.24, 2.45) is 7.05 Å². The minimum atomic E-state index is -0.848. The Balaban J connectivity index is 1.68. The van der Waals surface area contributed by atoms with Crippen LogP contribution in [-0.4, -0.2) is 21.2 Å². The van der Waals surface area contributed by atoms with Gasteiger partial charge in [0.1, 0.15) is 11.4 Å². The molecule has 1 unspecified atom stereocenters. The maximum atomic E-state index is 10.5. The van der Waals surface area contributed by atoms with E-state index in [-0.39, 0.29) is 0 Å². The molecule has 0 saturated carbocycles. The highest BCUT2D eigenvalue weighted by atomic mass is 32.1. The third-order valence-corrected chi connectivity index (χ3v) is 4.81. The summed E-state index contributed by atoms with van der Waals surface area (Å²) in [5.74, 6) is 0.971. The van der Waals surface area contributed by atoms with Crippen molar-refractivity contribution in [3.8, 4) is 0 Å². The Kier molecular flexibility index (Phi) is 3.80. The van der Waals surface area contributed by atoms with E-state index in [1.165, 1.54) is 0 Å². The van der Waals surface area contributed by atoms with Gasteiger partial charge >= 0.3 is 0 Å². The number of aliphatic hydroxyl groups is 1. The van der Waals surface area contributed by atoms with Crippen molar-refractivity contribution in [3.05, 3.63) is 52.5 Å². The fraction of sp³-hybridized carbons (Fsp3) is 0.312. The number of nitrogens with one attached hydrogen (secondary N) is 1. The molecule has 2 aromatic heterocycles. The molecule has 1 atom stereocenters. The Morgan fingerprint density at radius 2 is 2.10 bits per heavy atom. The highest BCUT2D eigenvalue weighted by Crippen LogP contribution is 2.24. The molecule has 0 saturated heterocycles. The van der Waals surface area contributed by atoms with Gasteiger partial charge in [0, 0.05) is 18.5 Å². The Bertz CT molecular complexity index is 731. The average Bonchev–Trinajstić information content (AvgIpc) is 3.09. The monoisotopic (exact) mass is 301 g/mol. The number of nitrogens with zero attached hydrogens (tertiary/aromatic N) is 2. The predicted molar refractivity (Wildman–Crippen MR) is 86.3 cm³/mol. The molecule has 4 nitrogen and oxygen atoms in total. The highest BCUT2D eigenvalue weighted by molar-refractivity contribution is 7.10. The fourth-order valence-electron chi connectivity index (χ4n) is 2.44. The quantitative estimate of drug-likeness (QED) is 0.761. The minimum Gasteiger partial charge on any atom is -0.383 e. The summed E-state index contributed by atoms with van der Waals surface area (Å²) in [7, 11) is 2.02. The Hall–Kier alpha value is -1.69. The molecule has 0 aliphatic rings. The van der Waals surface area contributed by atoms with Gasteiger partial charge in [-0.25, -0.2) is 4.98 Å². The lowest BCUT2D eigenvalue weighted by Gasteiger charge is -2.22. The van der Waals surface area contributed by atoms with E-state index in [2.05, 4.69) is 20.9 Å². The number of thiophene rings is 1. The molecule has 110 valence electrons. The first-order valence-corrected chi connectivity index (χ1v) is 7.83. The van der Waals surface area contributed by atoms with Crippen LogP contribution < -0.4 is 5.32 Å². The van der Waals surface area contributed by atoms with Crippen LogP contribution in [0.15, 0.2) is 41.8 Å². The van der Waals surface area contributed by atoms with Crippen molar-refractivity contribution < 1.29 is 5.11 Å². The van der Waals surface area contributed by atoms with E-state index in [0.29, 0.717) is 13.1 Å². The zero-order valence-electron chi connectivity index (χ0n) is 12.2. The number of benzene rings is 1. The van der Waals surface area contributed by atoms with Crippen molar-refractivity contribution >= 4 is 22.4 Å². The molecule has 3 aromatic rings. The summed E-state index contributed by atoms with van der Waals surface area (Å²) in [5, 5.41) is 15.8. The first-order valence-electron chi connectivity index (χ1n) is 6.95. The summed E-state index contributed by atoms with van der Waals surface area (Å²) in [6.07, 6.45) is 0. The van der Waals surface area contributed by atoms with Gasteiger partial charge in [0.2, 0.25) is 0 Å². The molecule has 1 aromatic carbocycles. The molecular formula is C16H19N3OS. The van der Waals surface area contributed by atoms with Crippen LogP contribution in [0.1, 0.15) is 17.6 Å². The van der Waals surface area contributed by atoms with Crippen LogP contribution >= 0.6 is 11.3 Å². The second-order valence-corrected chi connectivity index (χ2v) is 6.38. The lowest BCUT2D eigenvalue weighted by atomic mass is 10.1. The van der Waals surface area contributed by atoms with Gasteiger partial charge < -0.3 is 15.0 Å². The number of para-hydroxylation sites is 2. The van der Waals surface area contributed by atoms with Gasteiger partial charge in [-0.05, 0) is 30.5 Å². The summed E-state index contributed by atoms with van der Waals surface area (Å²) in [5.41, 5.74) is 1.28. The number of fused-ring (bicyclic) bond motifs is 1. The summed E-state index contributed by atoms with van der Waals surface area (Å²) in [4.78, 5) is 5.59. The van der Waals surface area contributed by atoms with Crippen LogP contribution in [0.25, 0.3) is 11.0 Å². The largest absolute Gasteiger partial charge is 0.383 e. The number of hydrogen-bond donors (Lipinski definition) is 2. The second-order valence-electron chi connectivity index (χ2n) is 5.43. The van der Waals surface area contributed by atoms with E-state index >= 15 is 0 Å². The maximum absolute atomic E-state index is 10.5. The average molecular weight is 301 g/mol. The highest BCUT2D eigenvalue weighted by Gasteiger charge is 2.23. The van der Waals surface area contributed by atoms with E-state index in [1.807, 2.05) is 49.7 Å². The van der Waals surface area contributed by atoms with E-state index < -0.39 is 5.60 Å². The molecule has 3 rings (SSSR count). The number of hydrogen-bond acceptors (Lipinski definition) is 4. The lowest BCUT2D eigenvalue weighted by molar-refractivity contribution is 0.0602. The summed E-state index contributed by atoms with van der Waals surface area (Å²) < 4.78 is 2.09. The molecule has 0 radical (unpaired) electrons. The lowest BCUT2D eigenvalue weighted by Crippen LogP contribution is -2.34. The fourth-order valence-corrected chi connectivity index (χ4v) is 3.23. The number of aryl methyl sites for hydroxylation is 1. The standard InChI is InChI=1S/C16H19N3OS/c1-16(20,14-8-5-9-21-14)11-17-10-15-18-12-6-3-4-7-13(12)19(15)2/h3-9,17,20H,10-11H2,1-2H3. The maximum Gasteiger partial charge on any atom is 0.123 e. The third kappa shape index (κ3) is 2.85. The SMILES string of the molecule is Cn1c(CNCC(C)(O)c2cccs2)nc2ccccc21. The topological polar surface area (TPSA) is 50.1 Å². The summed E-state index contributed by atoms with van der Waals surface area (Å²) in [6, 6.07) is 12.0. The number of imidazole rings is 1. The zero-order valence-corrected chi connectivity index (χ0v) is 13.0. The minimum absolute atomic E-state index is 0.497. The van der Waals surface area contributed by atoms with Gasteiger partial charge in [0.25, 0.3) is 0 Å². The molecule has 0 spiro atoms. The zero-order chi connectivity index (χ0) is 14.9. The molecule has 0 amide bonds. The van der Waals surface area contributed by atoms with E-state index in [9.17, 15) is 5.11 Å². The Morgan fingerprint density at radius 3 is 2.81 bits per heavy atom. The van der Waals surface area contributed by atoms with Crippen LogP contribution in [0.2, 0.25) is 0 Å². The van der Waals surface area contributed by atoms with Gasteiger partial charge in [0.15, 0.2) is 0 Å². The van der Waals surface area contributed by atoms with Gasteiger partial charge in [-0.1, -0.05) is 18.2 Å². The van der Waals surface area contributed by atoms with E-state index in [1.54, 1.807) is 11.3 Å². The Morgan fingerprint density at radius 1 is 1.29 bits per heavy atom. The number of aromatic nitrogens is 2. The van der Waals surface area contributed by atoms with Gasteiger partial charge in [0.05, 0.1) is 17.6 Å². The molecule has 21 heavy (non-hydrogen) atoms. The van der Waals surface area contributed by atoms with Crippen LogP contribution in [-0.2, 0) is 19.2 Å². The van der Waals surface area contributed by atoms with Crippen molar-refractivity contribution in [1.82, 2.24) is 14.9 Å².